The van der Waals surface area contributed by atoms with Gasteiger partial charge in [-0.15, -0.1) is 0 Å². The number of rotatable bonds is 2. The van der Waals surface area contributed by atoms with Crippen LogP contribution in [-0.2, 0) is 4.74 Å². The van der Waals surface area contributed by atoms with Gasteiger partial charge in [-0.3, -0.25) is 5.43 Å². The third kappa shape index (κ3) is 1.85. The maximum Gasteiger partial charge on any atom is 0.421 e. The normalized spacial score (nSPS) is 24.1. The molecule has 3 N–H and O–H groups in total. The number of hydrogen-bond donors (Lipinski definition) is 2. The molecule has 0 aliphatic heterocycles. The maximum atomic E-state index is 10.8. The Kier molecular flexibility index (Phi) is 2.37. The number of ether oxygens (including phenoxy) is 1. The quantitative estimate of drug-likeness (QED) is 0.419. The number of hydrogen-bond acceptors (Lipinski definition) is 3. The summed E-state index contributed by atoms with van der Waals surface area (Å²) in [4.78, 5) is 10.8. The Morgan fingerprint density at radius 2 is 2.14 bits per heavy atom. The first-order chi connectivity index (χ1) is 6.81. The van der Waals surface area contributed by atoms with Gasteiger partial charge in [-0.2, -0.15) is 0 Å². The van der Waals surface area contributed by atoms with Crippen molar-refractivity contribution >= 4 is 6.09 Å². The number of amides is 1. The van der Waals surface area contributed by atoms with Crippen molar-refractivity contribution in [2.24, 2.45) is 5.84 Å². The van der Waals surface area contributed by atoms with Gasteiger partial charge in [0.2, 0.25) is 0 Å². The summed E-state index contributed by atoms with van der Waals surface area (Å²) in [5.41, 5.74) is 3.16. The summed E-state index contributed by atoms with van der Waals surface area (Å²) >= 11 is 0. The highest BCUT2D eigenvalue weighted by atomic mass is 16.6. The second-order valence-electron chi connectivity index (χ2n) is 3.34. The molecule has 0 bridgehead atoms. The molecule has 14 heavy (non-hydrogen) atoms. The molecule has 4 heteroatoms. The molecule has 1 aliphatic carbocycles. The molecule has 1 saturated carbocycles. The molecule has 1 amide bonds. The minimum absolute atomic E-state index is 0.0130. The number of carbonyl (C=O) groups is 1. The highest BCUT2D eigenvalue weighted by molar-refractivity contribution is 5.67. The van der Waals surface area contributed by atoms with E-state index < -0.39 is 6.09 Å². The summed E-state index contributed by atoms with van der Waals surface area (Å²) in [5, 5.41) is 0. The van der Waals surface area contributed by atoms with Crippen molar-refractivity contribution < 1.29 is 9.53 Å². The fraction of sp³-hybridized carbons (Fsp3) is 0.300. The summed E-state index contributed by atoms with van der Waals surface area (Å²) in [6.07, 6.45) is 0.312. The SMILES string of the molecule is NNC(=O)O[C@@H]1C[C@H]1c1ccccc1. The Morgan fingerprint density at radius 3 is 2.79 bits per heavy atom. The van der Waals surface area contributed by atoms with Gasteiger partial charge in [0.05, 0.1) is 0 Å². The maximum absolute atomic E-state index is 10.8. The molecule has 74 valence electrons. The molecule has 2 rings (SSSR count). The van der Waals surface area contributed by atoms with E-state index in [1.807, 2.05) is 35.8 Å². The van der Waals surface area contributed by atoms with Crippen LogP contribution in [0.1, 0.15) is 17.9 Å². The minimum atomic E-state index is -0.562. The van der Waals surface area contributed by atoms with Crippen molar-refractivity contribution in [1.82, 2.24) is 5.43 Å². The van der Waals surface area contributed by atoms with E-state index in [-0.39, 0.29) is 6.10 Å². The van der Waals surface area contributed by atoms with E-state index in [2.05, 4.69) is 0 Å². The van der Waals surface area contributed by atoms with E-state index in [1.54, 1.807) is 0 Å². The lowest BCUT2D eigenvalue weighted by atomic mass is 10.1. The Labute approximate surface area is 82.0 Å². The van der Waals surface area contributed by atoms with E-state index in [0.717, 1.165) is 6.42 Å². The average molecular weight is 192 g/mol. The molecule has 1 aromatic carbocycles. The summed E-state index contributed by atoms with van der Waals surface area (Å²) in [5.74, 6) is 5.25. The molecule has 1 aromatic rings. The molecule has 0 spiro atoms. The van der Waals surface area contributed by atoms with E-state index in [4.69, 9.17) is 10.6 Å². The minimum Gasteiger partial charge on any atom is -0.445 e. The third-order valence-electron chi connectivity index (χ3n) is 2.34. The third-order valence-corrected chi connectivity index (χ3v) is 2.34. The number of benzene rings is 1. The van der Waals surface area contributed by atoms with Crippen molar-refractivity contribution in [2.75, 3.05) is 0 Å². The number of hydrazine groups is 1. The van der Waals surface area contributed by atoms with Crippen LogP contribution >= 0.6 is 0 Å². The van der Waals surface area contributed by atoms with Gasteiger partial charge in [-0.25, -0.2) is 10.6 Å². The molecule has 0 heterocycles. The first kappa shape index (κ1) is 9.02. The average Bonchev–Trinajstić information content (AvgIpc) is 2.98. The Hall–Kier alpha value is -1.55. The molecule has 0 radical (unpaired) electrons. The number of carbonyl (C=O) groups excluding carboxylic acids is 1. The first-order valence-electron chi connectivity index (χ1n) is 4.53. The molecule has 1 fully saturated rings. The molecular weight excluding hydrogens is 180 g/mol. The second kappa shape index (κ2) is 3.67. The predicted octanol–water partition coefficient (Wildman–Crippen LogP) is 1.14. The summed E-state index contributed by atoms with van der Waals surface area (Å²) < 4.78 is 5.00. The Bertz CT molecular complexity index is 326. The largest absolute Gasteiger partial charge is 0.445 e. The zero-order chi connectivity index (χ0) is 9.97. The topological polar surface area (TPSA) is 64.3 Å². The Morgan fingerprint density at radius 1 is 1.43 bits per heavy atom. The van der Waals surface area contributed by atoms with Gasteiger partial charge >= 0.3 is 6.09 Å². The van der Waals surface area contributed by atoms with Crippen LogP contribution in [0.5, 0.6) is 0 Å². The van der Waals surface area contributed by atoms with Crippen LogP contribution in [0.2, 0.25) is 0 Å². The van der Waals surface area contributed by atoms with E-state index in [9.17, 15) is 4.79 Å². The van der Waals surface area contributed by atoms with Gasteiger partial charge < -0.3 is 4.74 Å². The lowest BCUT2D eigenvalue weighted by Gasteiger charge is -2.02. The molecule has 2 atom stereocenters. The van der Waals surface area contributed by atoms with Crippen molar-refractivity contribution in [3.05, 3.63) is 35.9 Å². The van der Waals surface area contributed by atoms with Crippen LogP contribution in [0.25, 0.3) is 0 Å². The zero-order valence-electron chi connectivity index (χ0n) is 7.64. The summed E-state index contributed by atoms with van der Waals surface area (Å²) in [6, 6.07) is 10.00. The molecule has 0 aromatic heterocycles. The Balaban J connectivity index is 1.91. The van der Waals surface area contributed by atoms with Crippen LogP contribution in [0.15, 0.2) is 30.3 Å². The highest BCUT2D eigenvalue weighted by Crippen LogP contribution is 2.43. The van der Waals surface area contributed by atoms with Crippen LogP contribution < -0.4 is 11.3 Å². The van der Waals surface area contributed by atoms with Crippen LogP contribution in [-0.4, -0.2) is 12.2 Å². The van der Waals surface area contributed by atoms with Gasteiger partial charge in [0.25, 0.3) is 0 Å². The zero-order valence-corrected chi connectivity index (χ0v) is 7.64. The fourth-order valence-electron chi connectivity index (χ4n) is 1.52. The molecule has 0 saturated heterocycles. The first-order valence-corrected chi connectivity index (χ1v) is 4.53. The number of nitrogens with one attached hydrogen (secondary N) is 1. The standard InChI is InChI=1S/C10H12N2O2/c11-12-10(13)14-9-6-8(9)7-4-2-1-3-5-7/h1-5,8-9H,6,11H2,(H,12,13)/t8-,9+/m0/s1. The molecule has 4 nitrogen and oxygen atoms in total. The van der Waals surface area contributed by atoms with Crippen molar-refractivity contribution in [1.29, 1.82) is 0 Å². The van der Waals surface area contributed by atoms with Crippen LogP contribution in [0, 0.1) is 0 Å². The van der Waals surface area contributed by atoms with Crippen molar-refractivity contribution in [2.45, 2.75) is 18.4 Å². The van der Waals surface area contributed by atoms with Gasteiger partial charge in [0.15, 0.2) is 0 Å². The smallest absolute Gasteiger partial charge is 0.421 e. The molecular formula is C10H12N2O2. The van der Waals surface area contributed by atoms with E-state index in [0.29, 0.717) is 5.92 Å². The summed E-state index contributed by atoms with van der Waals surface area (Å²) in [7, 11) is 0. The van der Waals surface area contributed by atoms with E-state index in [1.165, 1.54) is 5.56 Å². The van der Waals surface area contributed by atoms with Gasteiger partial charge in [0, 0.05) is 5.92 Å². The highest BCUT2D eigenvalue weighted by Gasteiger charge is 2.41. The predicted molar refractivity (Wildman–Crippen MR) is 51.4 cm³/mol. The summed E-state index contributed by atoms with van der Waals surface area (Å²) in [6.45, 7) is 0. The van der Waals surface area contributed by atoms with Crippen molar-refractivity contribution in [3.63, 3.8) is 0 Å². The van der Waals surface area contributed by atoms with Crippen LogP contribution in [0.3, 0.4) is 0 Å². The van der Waals surface area contributed by atoms with Crippen molar-refractivity contribution in [3.8, 4) is 0 Å². The van der Waals surface area contributed by atoms with Gasteiger partial charge in [0.1, 0.15) is 6.10 Å². The molecule has 0 unspecified atom stereocenters. The lowest BCUT2D eigenvalue weighted by molar-refractivity contribution is 0.137. The van der Waals surface area contributed by atoms with Gasteiger partial charge in [-0.05, 0) is 12.0 Å². The number of nitrogens with two attached hydrogens (primary N) is 1. The lowest BCUT2D eigenvalue weighted by Crippen LogP contribution is -2.31. The molecule has 1 aliphatic rings. The van der Waals surface area contributed by atoms with Gasteiger partial charge in [-0.1, -0.05) is 30.3 Å². The monoisotopic (exact) mass is 192 g/mol. The van der Waals surface area contributed by atoms with E-state index >= 15 is 0 Å². The van der Waals surface area contributed by atoms with Crippen LogP contribution in [0.4, 0.5) is 4.79 Å². The second-order valence-corrected chi connectivity index (χ2v) is 3.34. The fourth-order valence-corrected chi connectivity index (χ4v) is 1.52.